The normalized spacial score (nSPS) is 10.6. The number of methoxy groups -OCH3 is 1. The molecular formula is C14H12ClNO2S. The average molecular weight is 294 g/mol. The fraction of sp³-hybridized carbons (Fsp3) is 0.0714. The van der Waals surface area contributed by atoms with Gasteiger partial charge in [0.05, 0.1) is 17.1 Å². The van der Waals surface area contributed by atoms with Crippen molar-refractivity contribution in [2.45, 2.75) is 0 Å². The summed E-state index contributed by atoms with van der Waals surface area (Å²) in [5.41, 5.74) is 0.642. The van der Waals surface area contributed by atoms with E-state index in [-0.39, 0.29) is 5.91 Å². The minimum absolute atomic E-state index is 0.214. The molecule has 0 spiro atoms. The maximum Gasteiger partial charge on any atom is 0.248 e. The van der Waals surface area contributed by atoms with E-state index in [1.807, 2.05) is 18.2 Å². The second-order valence-electron chi connectivity index (χ2n) is 3.66. The largest absolute Gasteiger partial charge is 0.495 e. The number of nitrogens with one attached hydrogen (secondary N) is 1. The van der Waals surface area contributed by atoms with Gasteiger partial charge in [-0.05, 0) is 30.3 Å². The lowest BCUT2D eigenvalue weighted by molar-refractivity contribution is -0.111. The summed E-state index contributed by atoms with van der Waals surface area (Å²) < 4.78 is 5.86. The molecule has 2 aromatic rings. The molecule has 2 rings (SSSR count). The van der Waals surface area contributed by atoms with Crippen LogP contribution in [0.4, 0.5) is 5.69 Å². The van der Waals surface area contributed by atoms with Crippen LogP contribution in [-0.4, -0.2) is 13.0 Å². The van der Waals surface area contributed by atoms with Gasteiger partial charge in [-0.1, -0.05) is 23.7 Å². The summed E-state index contributed by atoms with van der Waals surface area (Å²) in [6.45, 7) is 0. The highest BCUT2D eigenvalue weighted by Crippen LogP contribution is 2.24. The van der Waals surface area contributed by atoms with Gasteiger partial charge in [-0.15, -0.1) is 11.3 Å². The summed E-state index contributed by atoms with van der Waals surface area (Å²) in [7, 11) is 1.56. The number of carbonyl (C=O) groups excluding carboxylic acids is 1. The molecule has 0 aliphatic heterocycles. The molecule has 0 saturated carbocycles. The first-order valence-electron chi connectivity index (χ1n) is 5.56. The fourth-order valence-electron chi connectivity index (χ4n) is 1.50. The monoisotopic (exact) mass is 293 g/mol. The highest BCUT2D eigenvalue weighted by Gasteiger charge is 2.03. The predicted molar refractivity (Wildman–Crippen MR) is 80.0 cm³/mol. The molecule has 0 saturated heterocycles. The quantitative estimate of drug-likeness (QED) is 0.863. The Kier molecular flexibility index (Phi) is 4.60. The highest BCUT2D eigenvalue weighted by atomic mass is 35.5. The zero-order valence-corrected chi connectivity index (χ0v) is 11.8. The SMILES string of the molecule is COc1ccccc1NC(=O)C=Cc1ccc(Cl)s1. The number of anilines is 1. The van der Waals surface area contributed by atoms with Gasteiger partial charge in [0.25, 0.3) is 0 Å². The summed E-state index contributed by atoms with van der Waals surface area (Å²) in [4.78, 5) is 12.7. The first-order chi connectivity index (χ1) is 9.19. The Hall–Kier alpha value is -1.78. The number of rotatable bonds is 4. The molecule has 1 N–H and O–H groups in total. The van der Waals surface area contributed by atoms with Gasteiger partial charge in [-0.3, -0.25) is 4.79 Å². The molecule has 1 aromatic heterocycles. The van der Waals surface area contributed by atoms with Crippen molar-refractivity contribution in [3.05, 3.63) is 51.7 Å². The molecule has 0 unspecified atom stereocenters. The number of para-hydroxylation sites is 2. The van der Waals surface area contributed by atoms with Crippen molar-refractivity contribution < 1.29 is 9.53 Å². The van der Waals surface area contributed by atoms with E-state index in [4.69, 9.17) is 16.3 Å². The number of hydrogen-bond donors (Lipinski definition) is 1. The predicted octanol–water partition coefficient (Wildman–Crippen LogP) is 4.06. The number of benzene rings is 1. The number of ether oxygens (including phenoxy) is 1. The van der Waals surface area contributed by atoms with Crippen LogP contribution in [0.5, 0.6) is 5.75 Å². The summed E-state index contributed by atoms with van der Waals surface area (Å²) in [6.07, 6.45) is 3.19. The van der Waals surface area contributed by atoms with Crippen LogP contribution in [0.2, 0.25) is 4.34 Å². The van der Waals surface area contributed by atoms with E-state index >= 15 is 0 Å². The van der Waals surface area contributed by atoms with E-state index in [2.05, 4.69) is 5.32 Å². The minimum atomic E-state index is -0.214. The van der Waals surface area contributed by atoms with E-state index in [1.54, 1.807) is 31.4 Å². The third-order valence-electron chi connectivity index (χ3n) is 2.36. The van der Waals surface area contributed by atoms with Gasteiger partial charge in [0.1, 0.15) is 5.75 Å². The van der Waals surface area contributed by atoms with Gasteiger partial charge < -0.3 is 10.1 Å². The second kappa shape index (κ2) is 6.41. The summed E-state index contributed by atoms with van der Waals surface area (Å²) in [6, 6.07) is 10.9. The highest BCUT2D eigenvalue weighted by molar-refractivity contribution is 7.17. The van der Waals surface area contributed by atoms with Crippen molar-refractivity contribution in [1.82, 2.24) is 0 Å². The molecule has 0 bridgehead atoms. The Bertz CT molecular complexity index is 607. The van der Waals surface area contributed by atoms with Gasteiger partial charge in [0.2, 0.25) is 5.91 Å². The lowest BCUT2D eigenvalue weighted by atomic mass is 10.3. The lowest BCUT2D eigenvalue weighted by Crippen LogP contribution is -2.08. The first kappa shape index (κ1) is 13.6. The lowest BCUT2D eigenvalue weighted by Gasteiger charge is -2.07. The fourth-order valence-corrected chi connectivity index (χ4v) is 2.46. The maximum atomic E-state index is 11.8. The van der Waals surface area contributed by atoms with Crippen molar-refractivity contribution >= 4 is 40.6 Å². The molecule has 0 aliphatic rings. The van der Waals surface area contributed by atoms with Crippen LogP contribution in [0.1, 0.15) is 4.88 Å². The van der Waals surface area contributed by atoms with Gasteiger partial charge in [0, 0.05) is 11.0 Å². The smallest absolute Gasteiger partial charge is 0.248 e. The molecule has 0 radical (unpaired) electrons. The van der Waals surface area contributed by atoms with E-state index in [1.165, 1.54) is 17.4 Å². The number of hydrogen-bond acceptors (Lipinski definition) is 3. The van der Waals surface area contributed by atoms with Gasteiger partial charge >= 0.3 is 0 Å². The minimum Gasteiger partial charge on any atom is -0.495 e. The zero-order valence-electron chi connectivity index (χ0n) is 10.2. The van der Waals surface area contributed by atoms with E-state index in [0.717, 1.165) is 4.88 Å². The number of thiophene rings is 1. The molecule has 0 atom stereocenters. The summed E-state index contributed by atoms with van der Waals surface area (Å²) in [5, 5.41) is 2.76. The average Bonchev–Trinajstić information content (AvgIpc) is 2.83. The molecule has 5 heteroatoms. The number of halogens is 1. The van der Waals surface area contributed by atoms with Crippen molar-refractivity contribution in [2.75, 3.05) is 12.4 Å². The van der Waals surface area contributed by atoms with Crippen molar-refractivity contribution in [3.63, 3.8) is 0 Å². The molecule has 1 aromatic carbocycles. The molecule has 0 fully saturated rings. The third-order valence-corrected chi connectivity index (χ3v) is 3.55. The Morgan fingerprint density at radius 1 is 1.32 bits per heavy atom. The molecule has 0 aliphatic carbocycles. The topological polar surface area (TPSA) is 38.3 Å². The Morgan fingerprint density at radius 2 is 2.11 bits per heavy atom. The molecular weight excluding hydrogens is 282 g/mol. The molecule has 1 heterocycles. The van der Waals surface area contributed by atoms with Crippen molar-refractivity contribution in [3.8, 4) is 5.75 Å². The number of carbonyl (C=O) groups is 1. The maximum absolute atomic E-state index is 11.8. The first-order valence-corrected chi connectivity index (χ1v) is 6.76. The Labute approximate surface area is 120 Å². The van der Waals surface area contributed by atoms with Gasteiger partial charge in [-0.2, -0.15) is 0 Å². The van der Waals surface area contributed by atoms with Crippen LogP contribution in [0, 0.1) is 0 Å². The van der Waals surface area contributed by atoms with Crippen LogP contribution < -0.4 is 10.1 Å². The molecule has 19 heavy (non-hydrogen) atoms. The Balaban J connectivity index is 2.03. The number of amides is 1. The molecule has 98 valence electrons. The van der Waals surface area contributed by atoms with Crippen molar-refractivity contribution in [1.29, 1.82) is 0 Å². The summed E-state index contributed by atoms with van der Waals surface area (Å²) in [5.74, 6) is 0.414. The molecule has 3 nitrogen and oxygen atoms in total. The summed E-state index contributed by atoms with van der Waals surface area (Å²) >= 11 is 7.23. The van der Waals surface area contributed by atoms with Gasteiger partial charge in [-0.25, -0.2) is 0 Å². The van der Waals surface area contributed by atoms with Crippen LogP contribution in [0.3, 0.4) is 0 Å². The van der Waals surface area contributed by atoms with Crippen LogP contribution in [-0.2, 0) is 4.79 Å². The van der Waals surface area contributed by atoms with E-state index in [9.17, 15) is 4.79 Å². The molecule has 1 amide bonds. The van der Waals surface area contributed by atoms with E-state index < -0.39 is 0 Å². The van der Waals surface area contributed by atoms with Crippen molar-refractivity contribution in [2.24, 2.45) is 0 Å². The van der Waals surface area contributed by atoms with Crippen LogP contribution in [0.15, 0.2) is 42.5 Å². The van der Waals surface area contributed by atoms with Crippen LogP contribution in [0.25, 0.3) is 6.08 Å². The van der Waals surface area contributed by atoms with Gasteiger partial charge in [0.15, 0.2) is 0 Å². The van der Waals surface area contributed by atoms with E-state index in [0.29, 0.717) is 15.8 Å². The zero-order chi connectivity index (χ0) is 13.7. The second-order valence-corrected chi connectivity index (χ2v) is 5.41. The standard InChI is InChI=1S/C14H12ClNO2S/c1-18-12-5-3-2-4-11(12)16-14(17)9-7-10-6-8-13(15)19-10/h2-9H,1H3,(H,16,17). The van der Waals surface area contributed by atoms with Crippen LogP contribution >= 0.6 is 22.9 Å². The third kappa shape index (κ3) is 3.84. The Morgan fingerprint density at radius 3 is 2.79 bits per heavy atom.